The molecule has 1 aliphatic heterocycles. The Morgan fingerprint density at radius 1 is 1.22 bits per heavy atom. The van der Waals surface area contributed by atoms with Crippen molar-refractivity contribution in [3.8, 4) is 17.6 Å². The second-order valence-corrected chi connectivity index (χ2v) is 9.88. The molecule has 10 heteroatoms. The number of hydrogen-bond acceptors (Lipinski definition) is 7. The van der Waals surface area contributed by atoms with Crippen molar-refractivity contribution in [2.75, 3.05) is 46.3 Å². The number of halogens is 1. The van der Waals surface area contributed by atoms with Crippen molar-refractivity contribution in [3.05, 3.63) is 52.1 Å². The third-order valence-electron chi connectivity index (χ3n) is 6.12. The topological polar surface area (TPSA) is 119 Å². The van der Waals surface area contributed by atoms with Gasteiger partial charge in [0.15, 0.2) is 23.9 Å². The molecule has 0 aromatic heterocycles. The van der Waals surface area contributed by atoms with E-state index < -0.39 is 0 Å². The molecule has 0 saturated carbocycles. The maximum Gasteiger partial charge on any atom is 0.253 e. The summed E-state index contributed by atoms with van der Waals surface area (Å²) in [6.07, 6.45) is 0. The Kier molecular flexibility index (Phi) is 9.33. The molecular weight excluding hydrogens is 538 g/mol. The third-order valence-corrected chi connectivity index (χ3v) is 6.12. The molecule has 9 nitrogen and oxygen atoms in total. The van der Waals surface area contributed by atoms with Crippen LogP contribution in [0.3, 0.4) is 0 Å². The minimum Gasteiger partial charge on any atom is -0.493 e. The summed E-state index contributed by atoms with van der Waals surface area (Å²) in [7, 11) is 6.82. The van der Waals surface area contributed by atoms with E-state index in [1.165, 1.54) is 7.11 Å². The van der Waals surface area contributed by atoms with Crippen LogP contribution in [0, 0.1) is 16.7 Å². The lowest BCUT2D eigenvalue weighted by atomic mass is 9.84. The van der Waals surface area contributed by atoms with Gasteiger partial charge in [-0.05, 0) is 35.2 Å². The molecule has 0 radical (unpaired) electrons. The predicted octanol–water partition coefficient (Wildman–Crippen LogP) is 3.92. The van der Waals surface area contributed by atoms with Crippen LogP contribution in [0.1, 0.15) is 58.2 Å². The summed E-state index contributed by atoms with van der Waals surface area (Å²) in [6, 6.07) is 8.95. The minimum atomic E-state index is -0.345. The van der Waals surface area contributed by atoms with Gasteiger partial charge in [0.1, 0.15) is 11.9 Å². The predicted molar refractivity (Wildman–Crippen MR) is 149 cm³/mol. The van der Waals surface area contributed by atoms with Crippen molar-refractivity contribution in [3.63, 3.8) is 0 Å². The maximum atomic E-state index is 13.4. The summed E-state index contributed by atoms with van der Waals surface area (Å²) in [5, 5.41) is 20.3. The average Bonchev–Trinajstić information content (AvgIpc) is 3.14. The summed E-state index contributed by atoms with van der Waals surface area (Å²) >= 11 is 0. The number of carbonyl (C=O) groups is 2. The molecule has 2 aromatic rings. The second-order valence-electron chi connectivity index (χ2n) is 9.88. The van der Waals surface area contributed by atoms with Crippen LogP contribution in [-0.4, -0.2) is 63.8 Å². The Morgan fingerprint density at radius 3 is 2.43 bits per heavy atom. The van der Waals surface area contributed by atoms with E-state index in [4.69, 9.17) is 20.1 Å². The molecule has 0 unspecified atom stereocenters. The highest BCUT2D eigenvalue weighted by Gasteiger charge is 2.30. The first-order valence-corrected chi connectivity index (χ1v) is 11.6. The standard InChI is InChI=1S/C27H33N5O4.BrH/c1-27(2,3)20-10-16(12-23(24(20)35-7)36-9-8-28)22(33)15-32-14-17-11-21(31(5)6)19(26(34)30-4)13-18(17)25(32)29;/h10-13,29H,9,14-15H2,1-7H3,(H,30,34);1H. The van der Waals surface area contributed by atoms with Gasteiger partial charge in [-0.15, -0.1) is 17.0 Å². The van der Waals surface area contributed by atoms with Crippen molar-refractivity contribution < 1.29 is 19.1 Å². The number of ether oxygens (including phenoxy) is 2. The van der Waals surface area contributed by atoms with E-state index in [2.05, 4.69) is 5.32 Å². The van der Waals surface area contributed by atoms with E-state index in [1.54, 1.807) is 30.1 Å². The summed E-state index contributed by atoms with van der Waals surface area (Å²) in [5.74, 6) is 0.594. The highest BCUT2D eigenvalue weighted by Crippen LogP contribution is 2.40. The first-order valence-electron chi connectivity index (χ1n) is 11.6. The first-order chi connectivity index (χ1) is 16.9. The monoisotopic (exact) mass is 571 g/mol. The fourth-order valence-electron chi connectivity index (χ4n) is 4.27. The quantitative estimate of drug-likeness (QED) is 0.461. The van der Waals surface area contributed by atoms with Gasteiger partial charge in [0.2, 0.25) is 0 Å². The number of benzene rings is 2. The first kappa shape index (κ1) is 29.6. The Labute approximate surface area is 228 Å². The smallest absolute Gasteiger partial charge is 0.253 e. The van der Waals surface area contributed by atoms with Crippen LogP contribution < -0.4 is 19.7 Å². The van der Waals surface area contributed by atoms with Crippen molar-refractivity contribution in [2.24, 2.45) is 0 Å². The molecule has 1 heterocycles. The molecule has 0 saturated heterocycles. The molecule has 3 rings (SSSR count). The maximum absolute atomic E-state index is 13.4. The molecule has 0 atom stereocenters. The van der Waals surface area contributed by atoms with Crippen LogP contribution in [0.2, 0.25) is 0 Å². The number of nitrogens with zero attached hydrogens (tertiary/aromatic N) is 3. The van der Waals surface area contributed by atoms with Crippen LogP contribution in [0.15, 0.2) is 24.3 Å². The Balaban J connectivity index is 0.00000481. The molecule has 0 fully saturated rings. The van der Waals surface area contributed by atoms with Crippen LogP contribution in [0.25, 0.3) is 0 Å². The molecule has 0 bridgehead atoms. The van der Waals surface area contributed by atoms with Gasteiger partial charge in [-0.3, -0.25) is 15.0 Å². The SMILES string of the molecule is Br.CNC(=O)c1cc2c(cc1N(C)C)CN(CC(=O)c1cc(OCC#N)c(OC)c(C(C)(C)C)c1)C2=N. The molecule has 0 spiro atoms. The number of amidine groups is 1. The summed E-state index contributed by atoms with van der Waals surface area (Å²) < 4.78 is 11.2. The van der Waals surface area contributed by atoms with Gasteiger partial charge in [-0.1, -0.05) is 20.8 Å². The number of hydrogen-bond donors (Lipinski definition) is 2. The number of nitriles is 1. The van der Waals surface area contributed by atoms with Gasteiger partial charge in [-0.25, -0.2) is 0 Å². The number of anilines is 1. The van der Waals surface area contributed by atoms with Crippen molar-refractivity contribution in [1.29, 1.82) is 10.7 Å². The Morgan fingerprint density at radius 2 is 1.89 bits per heavy atom. The van der Waals surface area contributed by atoms with Crippen molar-refractivity contribution in [1.82, 2.24) is 10.2 Å². The van der Waals surface area contributed by atoms with E-state index in [-0.39, 0.29) is 53.1 Å². The number of nitrogens with one attached hydrogen (secondary N) is 2. The number of Topliss-reactive ketones (excluding diaryl/α,β-unsaturated/α-hetero) is 1. The van der Waals surface area contributed by atoms with E-state index in [0.29, 0.717) is 34.7 Å². The van der Waals surface area contributed by atoms with Crippen molar-refractivity contribution in [2.45, 2.75) is 32.7 Å². The molecule has 198 valence electrons. The molecule has 2 aromatic carbocycles. The summed E-state index contributed by atoms with van der Waals surface area (Å²) in [5.41, 5.74) is 3.60. The number of rotatable bonds is 8. The van der Waals surface area contributed by atoms with Gasteiger partial charge >= 0.3 is 0 Å². The number of ketones is 1. The lowest BCUT2D eigenvalue weighted by Gasteiger charge is -2.25. The Bertz CT molecular complexity index is 1260. The van der Waals surface area contributed by atoms with E-state index >= 15 is 0 Å². The number of methoxy groups -OCH3 is 1. The lowest BCUT2D eigenvalue weighted by Crippen LogP contribution is -2.30. The van der Waals surface area contributed by atoms with Crippen LogP contribution in [0.4, 0.5) is 5.69 Å². The van der Waals surface area contributed by atoms with Crippen LogP contribution >= 0.6 is 17.0 Å². The zero-order valence-electron chi connectivity index (χ0n) is 22.3. The van der Waals surface area contributed by atoms with Crippen LogP contribution in [-0.2, 0) is 12.0 Å². The fourth-order valence-corrected chi connectivity index (χ4v) is 4.27. The van der Waals surface area contributed by atoms with Crippen molar-refractivity contribution >= 4 is 40.2 Å². The highest BCUT2D eigenvalue weighted by molar-refractivity contribution is 8.93. The highest BCUT2D eigenvalue weighted by atomic mass is 79.9. The zero-order chi connectivity index (χ0) is 26.8. The van der Waals surface area contributed by atoms with E-state index in [9.17, 15) is 9.59 Å². The molecule has 37 heavy (non-hydrogen) atoms. The molecular formula is C27H34BrN5O4. The number of carbonyl (C=O) groups excluding carboxylic acids is 2. The van der Waals surface area contributed by atoms with Crippen LogP contribution in [0.5, 0.6) is 11.5 Å². The van der Waals surface area contributed by atoms with Gasteiger partial charge in [0.25, 0.3) is 5.91 Å². The lowest BCUT2D eigenvalue weighted by molar-refractivity contribution is 0.0955. The van der Waals surface area contributed by atoms with E-state index in [0.717, 1.165) is 16.8 Å². The normalized spacial score (nSPS) is 12.3. The Hall–Kier alpha value is -3.58. The molecule has 1 amide bonds. The zero-order valence-corrected chi connectivity index (χ0v) is 24.0. The molecule has 1 aliphatic rings. The number of amides is 1. The van der Waals surface area contributed by atoms with E-state index in [1.807, 2.05) is 51.9 Å². The third kappa shape index (κ3) is 6.05. The second kappa shape index (κ2) is 11.6. The summed E-state index contributed by atoms with van der Waals surface area (Å²) in [6.45, 7) is 6.21. The van der Waals surface area contributed by atoms with Gasteiger partial charge in [-0.2, -0.15) is 5.26 Å². The van der Waals surface area contributed by atoms with Gasteiger partial charge in [0, 0.05) is 50.1 Å². The number of fused-ring (bicyclic) bond motifs is 1. The van der Waals surface area contributed by atoms with Gasteiger partial charge in [0.05, 0.1) is 19.2 Å². The van der Waals surface area contributed by atoms with Gasteiger partial charge < -0.3 is 24.6 Å². The minimum absolute atomic E-state index is 0. The summed E-state index contributed by atoms with van der Waals surface area (Å²) in [4.78, 5) is 29.4. The fraction of sp³-hybridized carbons (Fsp3) is 0.407. The molecule has 0 aliphatic carbocycles. The largest absolute Gasteiger partial charge is 0.493 e. The molecule has 2 N–H and O–H groups in total. The average molecular weight is 573 g/mol.